The number of hydrogen-bond acceptors (Lipinski definition) is 4. The van der Waals surface area contributed by atoms with E-state index in [-0.39, 0.29) is 27.2 Å². The molecule has 0 aliphatic heterocycles. The Morgan fingerprint density at radius 1 is 1.04 bits per heavy atom. The topological polar surface area (TPSA) is 69.7 Å². The molecule has 1 amide bonds. The molecule has 6 nitrogen and oxygen atoms in total. The Labute approximate surface area is 176 Å². The zero-order chi connectivity index (χ0) is 20.7. The van der Waals surface area contributed by atoms with Crippen LogP contribution in [0.5, 0.6) is 0 Å². The van der Waals surface area contributed by atoms with Gasteiger partial charge >= 0.3 is 0 Å². The van der Waals surface area contributed by atoms with Crippen molar-refractivity contribution in [3.63, 3.8) is 0 Å². The van der Waals surface area contributed by atoms with Crippen molar-refractivity contribution < 1.29 is 13.2 Å². The van der Waals surface area contributed by atoms with Gasteiger partial charge in [-0.1, -0.05) is 41.4 Å². The van der Waals surface area contributed by atoms with Crippen LogP contribution in [-0.2, 0) is 14.8 Å². The summed E-state index contributed by atoms with van der Waals surface area (Å²) in [5.41, 5.74) is 0.227. The number of benzene rings is 2. The van der Waals surface area contributed by atoms with Gasteiger partial charge in [0.2, 0.25) is 5.91 Å². The van der Waals surface area contributed by atoms with E-state index in [1.54, 1.807) is 18.2 Å². The molecule has 152 valence electrons. The summed E-state index contributed by atoms with van der Waals surface area (Å²) in [5.74, 6) is -0.408. The smallest absolute Gasteiger partial charge is 0.264 e. The predicted molar refractivity (Wildman–Crippen MR) is 114 cm³/mol. The number of sulfonamides is 1. The zero-order valence-corrected chi connectivity index (χ0v) is 18.1. The first-order valence-corrected chi connectivity index (χ1v) is 10.8. The highest BCUT2D eigenvalue weighted by atomic mass is 35.5. The summed E-state index contributed by atoms with van der Waals surface area (Å²) in [6, 6.07) is 12.3. The van der Waals surface area contributed by atoms with E-state index in [0.29, 0.717) is 6.54 Å². The molecule has 28 heavy (non-hydrogen) atoms. The van der Waals surface area contributed by atoms with Crippen LogP contribution in [0.25, 0.3) is 0 Å². The molecule has 2 rings (SSSR count). The molecule has 1 N–H and O–H groups in total. The summed E-state index contributed by atoms with van der Waals surface area (Å²) in [6.45, 7) is 0.888. The molecule has 0 radical (unpaired) electrons. The molecule has 0 saturated carbocycles. The molecule has 0 atom stereocenters. The summed E-state index contributed by atoms with van der Waals surface area (Å²) < 4.78 is 27.3. The van der Waals surface area contributed by atoms with E-state index in [2.05, 4.69) is 5.32 Å². The van der Waals surface area contributed by atoms with Crippen LogP contribution >= 0.6 is 23.2 Å². The molecule has 0 aromatic heterocycles. The van der Waals surface area contributed by atoms with Crippen LogP contribution < -0.4 is 9.62 Å². The van der Waals surface area contributed by atoms with Gasteiger partial charge in [0.15, 0.2) is 0 Å². The average Bonchev–Trinajstić information content (AvgIpc) is 2.63. The predicted octanol–water partition coefficient (Wildman–Crippen LogP) is 3.26. The first kappa shape index (κ1) is 22.5. The van der Waals surface area contributed by atoms with Crippen molar-refractivity contribution in [3.8, 4) is 0 Å². The van der Waals surface area contributed by atoms with Crippen LogP contribution in [0.2, 0.25) is 10.0 Å². The number of hydrogen-bond donors (Lipinski definition) is 1. The second-order valence-electron chi connectivity index (χ2n) is 6.46. The van der Waals surface area contributed by atoms with Crippen molar-refractivity contribution in [2.24, 2.45) is 0 Å². The lowest BCUT2D eigenvalue weighted by Crippen LogP contribution is -2.41. The van der Waals surface area contributed by atoms with Gasteiger partial charge in [-0.3, -0.25) is 9.10 Å². The van der Waals surface area contributed by atoms with E-state index in [4.69, 9.17) is 23.2 Å². The lowest BCUT2D eigenvalue weighted by molar-refractivity contribution is -0.119. The van der Waals surface area contributed by atoms with Crippen LogP contribution in [0.1, 0.15) is 6.42 Å². The molecule has 0 heterocycles. The minimum absolute atomic E-state index is 0.0755. The van der Waals surface area contributed by atoms with Crippen molar-refractivity contribution in [2.45, 2.75) is 11.3 Å². The van der Waals surface area contributed by atoms with Crippen LogP contribution in [0, 0.1) is 0 Å². The first-order valence-electron chi connectivity index (χ1n) is 8.65. The maximum Gasteiger partial charge on any atom is 0.264 e. The molecule has 0 fully saturated rings. The van der Waals surface area contributed by atoms with Gasteiger partial charge in [-0.05, 0) is 57.4 Å². The van der Waals surface area contributed by atoms with Gasteiger partial charge in [-0.25, -0.2) is 8.42 Å². The second-order valence-corrected chi connectivity index (χ2v) is 9.19. The Morgan fingerprint density at radius 3 is 2.21 bits per heavy atom. The standard InChI is InChI=1S/C19H23Cl2N3O3S/c1-23(2)10-6-9-22-19(25)14-24(17-12-15(20)11-16(21)13-17)28(26,27)18-7-4-3-5-8-18/h3-5,7-8,11-13H,6,9-10,14H2,1-2H3,(H,22,25). The SMILES string of the molecule is CN(C)CCCNC(=O)CN(c1cc(Cl)cc(Cl)c1)S(=O)(=O)c1ccccc1. The van der Waals surface area contributed by atoms with Crippen molar-refractivity contribution >= 4 is 44.8 Å². The molecule has 0 spiro atoms. The van der Waals surface area contributed by atoms with Crippen molar-refractivity contribution in [3.05, 3.63) is 58.6 Å². The molecule has 0 bridgehead atoms. The summed E-state index contributed by atoms with van der Waals surface area (Å²) >= 11 is 12.1. The van der Waals surface area contributed by atoms with E-state index < -0.39 is 15.9 Å². The monoisotopic (exact) mass is 443 g/mol. The molecule has 9 heteroatoms. The molecular formula is C19H23Cl2N3O3S. The third-order valence-corrected chi connectivity index (χ3v) is 6.08. The van der Waals surface area contributed by atoms with Crippen LogP contribution in [0.15, 0.2) is 53.4 Å². The molecule has 0 saturated heterocycles. The Bertz CT molecular complexity index is 886. The fourth-order valence-electron chi connectivity index (χ4n) is 2.53. The molecule has 2 aromatic carbocycles. The third kappa shape index (κ3) is 6.38. The summed E-state index contributed by atoms with van der Waals surface area (Å²) in [5, 5.41) is 3.31. The van der Waals surface area contributed by atoms with Gasteiger partial charge in [-0.15, -0.1) is 0 Å². The van der Waals surface area contributed by atoms with E-state index in [1.165, 1.54) is 30.3 Å². The lowest BCUT2D eigenvalue weighted by Gasteiger charge is -2.24. The van der Waals surface area contributed by atoms with Gasteiger partial charge in [0.05, 0.1) is 10.6 Å². The number of carbonyl (C=O) groups is 1. The number of carbonyl (C=O) groups excluding carboxylic acids is 1. The number of halogens is 2. The van der Waals surface area contributed by atoms with E-state index in [1.807, 2.05) is 19.0 Å². The van der Waals surface area contributed by atoms with Crippen LogP contribution in [0.3, 0.4) is 0 Å². The zero-order valence-electron chi connectivity index (χ0n) is 15.7. The number of nitrogens with zero attached hydrogens (tertiary/aromatic N) is 2. The summed E-state index contributed by atoms with van der Waals surface area (Å²) in [7, 11) is -0.0931. The van der Waals surface area contributed by atoms with E-state index in [9.17, 15) is 13.2 Å². The molecule has 2 aromatic rings. The Morgan fingerprint density at radius 2 is 1.64 bits per heavy atom. The Hall–Kier alpha value is -1.80. The first-order chi connectivity index (χ1) is 13.2. The quantitative estimate of drug-likeness (QED) is 0.603. The summed E-state index contributed by atoms with van der Waals surface area (Å²) in [6.07, 6.45) is 0.757. The number of nitrogens with one attached hydrogen (secondary N) is 1. The molecular weight excluding hydrogens is 421 g/mol. The Kier molecular flexibility index (Phi) is 8.12. The fourth-order valence-corrected chi connectivity index (χ4v) is 4.47. The normalized spacial score (nSPS) is 11.5. The van der Waals surface area contributed by atoms with Crippen LogP contribution in [-0.4, -0.2) is 53.0 Å². The van der Waals surface area contributed by atoms with Gasteiger partial charge in [0, 0.05) is 16.6 Å². The minimum Gasteiger partial charge on any atom is -0.354 e. The van der Waals surface area contributed by atoms with Crippen molar-refractivity contribution in [1.29, 1.82) is 0 Å². The van der Waals surface area contributed by atoms with E-state index >= 15 is 0 Å². The van der Waals surface area contributed by atoms with Gasteiger partial charge in [0.1, 0.15) is 6.54 Å². The van der Waals surface area contributed by atoms with Crippen molar-refractivity contribution in [1.82, 2.24) is 10.2 Å². The maximum absolute atomic E-state index is 13.2. The van der Waals surface area contributed by atoms with Gasteiger partial charge in [0.25, 0.3) is 10.0 Å². The Balaban J connectivity index is 2.28. The molecule has 0 aliphatic rings. The van der Waals surface area contributed by atoms with Crippen molar-refractivity contribution in [2.75, 3.05) is 38.0 Å². The number of amides is 1. The van der Waals surface area contributed by atoms with Crippen LogP contribution in [0.4, 0.5) is 5.69 Å². The lowest BCUT2D eigenvalue weighted by atomic mass is 10.3. The highest BCUT2D eigenvalue weighted by molar-refractivity contribution is 7.92. The van der Waals surface area contributed by atoms with E-state index in [0.717, 1.165) is 17.3 Å². The summed E-state index contributed by atoms with van der Waals surface area (Å²) in [4.78, 5) is 14.5. The maximum atomic E-state index is 13.2. The highest BCUT2D eigenvalue weighted by Crippen LogP contribution is 2.29. The fraction of sp³-hybridized carbons (Fsp3) is 0.316. The van der Waals surface area contributed by atoms with Gasteiger partial charge < -0.3 is 10.2 Å². The minimum atomic E-state index is -3.98. The highest BCUT2D eigenvalue weighted by Gasteiger charge is 2.27. The number of rotatable bonds is 9. The average molecular weight is 444 g/mol. The third-order valence-electron chi connectivity index (χ3n) is 3.86. The second kappa shape index (κ2) is 10.1. The molecule has 0 unspecified atom stereocenters. The molecule has 0 aliphatic carbocycles. The largest absolute Gasteiger partial charge is 0.354 e. The number of anilines is 1. The van der Waals surface area contributed by atoms with Gasteiger partial charge in [-0.2, -0.15) is 0 Å².